The highest BCUT2D eigenvalue weighted by Crippen LogP contribution is 2.22. The van der Waals surface area contributed by atoms with Crippen LogP contribution in [0.5, 0.6) is 0 Å². The maximum absolute atomic E-state index is 11.5. The number of nitrogens with two attached hydrogens (primary N) is 1. The van der Waals surface area contributed by atoms with E-state index in [-0.39, 0.29) is 0 Å². The van der Waals surface area contributed by atoms with Gasteiger partial charge in [0.25, 0.3) is 5.91 Å². The standard InChI is InChI=1S/C14H13Cl2N3O/c1-19(8-9-2-4-10(15)5-3-9)14-12(13(17)20)6-11(16)7-18-14/h2-7H,8H2,1H3,(H2,17,20). The third-order valence-corrected chi connectivity index (χ3v) is 3.25. The number of amides is 1. The van der Waals surface area contributed by atoms with Gasteiger partial charge in [-0.05, 0) is 23.8 Å². The molecule has 104 valence electrons. The number of halogens is 2. The van der Waals surface area contributed by atoms with Crippen LogP contribution in [0.2, 0.25) is 10.0 Å². The number of primary amides is 1. The van der Waals surface area contributed by atoms with Gasteiger partial charge >= 0.3 is 0 Å². The predicted molar refractivity (Wildman–Crippen MR) is 81.3 cm³/mol. The predicted octanol–water partition coefficient (Wildman–Crippen LogP) is 3.12. The smallest absolute Gasteiger partial charge is 0.252 e. The quantitative estimate of drug-likeness (QED) is 0.944. The van der Waals surface area contributed by atoms with Gasteiger partial charge in [0, 0.05) is 24.8 Å². The summed E-state index contributed by atoms with van der Waals surface area (Å²) in [5.74, 6) is -0.0604. The number of hydrogen-bond donors (Lipinski definition) is 1. The lowest BCUT2D eigenvalue weighted by Crippen LogP contribution is -2.23. The first-order valence-corrected chi connectivity index (χ1v) is 6.64. The molecule has 1 heterocycles. The van der Waals surface area contributed by atoms with Crippen LogP contribution in [0.3, 0.4) is 0 Å². The van der Waals surface area contributed by atoms with Gasteiger partial charge in [0.2, 0.25) is 0 Å². The monoisotopic (exact) mass is 309 g/mol. The second-order valence-corrected chi connectivity index (χ2v) is 5.24. The summed E-state index contributed by atoms with van der Waals surface area (Å²) >= 11 is 11.7. The fourth-order valence-electron chi connectivity index (χ4n) is 1.86. The molecule has 0 saturated carbocycles. The lowest BCUT2D eigenvalue weighted by Gasteiger charge is -2.20. The van der Waals surface area contributed by atoms with Crippen LogP contribution in [0, 0.1) is 0 Å². The molecule has 20 heavy (non-hydrogen) atoms. The van der Waals surface area contributed by atoms with Crippen molar-refractivity contribution in [2.75, 3.05) is 11.9 Å². The van der Waals surface area contributed by atoms with Gasteiger partial charge in [0.15, 0.2) is 0 Å². The SMILES string of the molecule is CN(Cc1ccc(Cl)cc1)c1ncc(Cl)cc1C(N)=O. The van der Waals surface area contributed by atoms with E-state index < -0.39 is 5.91 Å². The lowest BCUT2D eigenvalue weighted by molar-refractivity contribution is 0.100. The average Bonchev–Trinajstić information content (AvgIpc) is 2.41. The first-order chi connectivity index (χ1) is 9.47. The first-order valence-electron chi connectivity index (χ1n) is 5.88. The summed E-state index contributed by atoms with van der Waals surface area (Å²) in [7, 11) is 1.83. The molecule has 0 bridgehead atoms. The van der Waals surface area contributed by atoms with E-state index in [0.29, 0.717) is 28.0 Å². The molecule has 1 aromatic heterocycles. The second kappa shape index (κ2) is 6.11. The highest BCUT2D eigenvalue weighted by Gasteiger charge is 2.14. The molecular formula is C14H13Cl2N3O. The molecule has 0 aliphatic heterocycles. The number of benzene rings is 1. The third kappa shape index (κ3) is 3.40. The molecule has 6 heteroatoms. The van der Waals surface area contributed by atoms with Crippen LogP contribution in [-0.2, 0) is 6.54 Å². The Hall–Kier alpha value is -1.78. The minimum Gasteiger partial charge on any atom is -0.365 e. The van der Waals surface area contributed by atoms with Crippen molar-refractivity contribution in [3.63, 3.8) is 0 Å². The molecule has 0 radical (unpaired) electrons. The fourth-order valence-corrected chi connectivity index (χ4v) is 2.14. The van der Waals surface area contributed by atoms with E-state index in [1.54, 1.807) is 0 Å². The number of nitrogens with zero attached hydrogens (tertiary/aromatic N) is 2. The fraction of sp³-hybridized carbons (Fsp3) is 0.143. The van der Waals surface area contributed by atoms with E-state index in [9.17, 15) is 4.79 Å². The summed E-state index contributed by atoms with van der Waals surface area (Å²) in [5.41, 5.74) is 6.70. The van der Waals surface area contributed by atoms with Gasteiger partial charge in [0.05, 0.1) is 10.6 Å². The molecule has 2 N–H and O–H groups in total. The molecule has 1 aromatic carbocycles. The van der Waals surface area contributed by atoms with E-state index in [4.69, 9.17) is 28.9 Å². The summed E-state index contributed by atoms with van der Waals surface area (Å²) < 4.78 is 0. The molecule has 0 aliphatic carbocycles. The van der Waals surface area contributed by atoms with Crippen LogP contribution in [0.4, 0.5) is 5.82 Å². The van der Waals surface area contributed by atoms with E-state index in [2.05, 4.69) is 4.98 Å². The van der Waals surface area contributed by atoms with Gasteiger partial charge < -0.3 is 10.6 Å². The average molecular weight is 310 g/mol. The minimum absolute atomic E-state index is 0.300. The van der Waals surface area contributed by atoms with Gasteiger partial charge in [0.1, 0.15) is 5.82 Å². The highest BCUT2D eigenvalue weighted by atomic mass is 35.5. The number of carbonyl (C=O) groups excluding carboxylic acids is 1. The van der Waals surface area contributed by atoms with Crippen molar-refractivity contribution in [3.8, 4) is 0 Å². The largest absolute Gasteiger partial charge is 0.365 e. The number of pyridine rings is 1. The number of hydrogen-bond acceptors (Lipinski definition) is 3. The molecule has 0 unspecified atom stereocenters. The molecule has 2 aromatic rings. The lowest BCUT2D eigenvalue weighted by atomic mass is 10.2. The summed E-state index contributed by atoms with van der Waals surface area (Å²) in [6.45, 7) is 0.575. The second-order valence-electron chi connectivity index (χ2n) is 4.37. The summed E-state index contributed by atoms with van der Waals surface area (Å²) in [4.78, 5) is 17.5. The van der Waals surface area contributed by atoms with Gasteiger partial charge in [-0.3, -0.25) is 4.79 Å². The first kappa shape index (κ1) is 14.6. The van der Waals surface area contributed by atoms with Crippen LogP contribution in [0.1, 0.15) is 15.9 Å². The van der Waals surface area contributed by atoms with Crippen molar-refractivity contribution in [1.29, 1.82) is 0 Å². The zero-order valence-electron chi connectivity index (χ0n) is 10.8. The Morgan fingerprint density at radius 1 is 1.25 bits per heavy atom. The van der Waals surface area contributed by atoms with Crippen molar-refractivity contribution in [1.82, 2.24) is 4.98 Å². The van der Waals surface area contributed by atoms with E-state index >= 15 is 0 Å². The summed E-state index contributed by atoms with van der Waals surface area (Å²) in [5, 5.41) is 1.06. The molecule has 0 spiro atoms. The number of rotatable bonds is 4. The Morgan fingerprint density at radius 2 is 1.90 bits per heavy atom. The Kier molecular flexibility index (Phi) is 4.47. The van der Waals surface area contributed by atoms with Crippen molar-refractivity contribution in [3.05, 3.63) is 57.7 Å². The molecule has 4 nitrogen and oxygen atoms in total. The zero-order chi connectivity index (χ0) is 14.7. The Morgan fingerprint density at radius 3 is 2.50 bits per heavy atom. The Balaban J connectivity index is 2.27. The zero-order valence-corrected chi connectivity index (χ0v) is 12.3. The number of aromatic nitrogens is 1. The normalized spacial score (nSPS) is 10.3. The maximum atomic E-state index is 11.5. The van der Waals surface area contributed by atoms with E-state index in [1.165, 1.54) is 12.3 Å². The van der Waals surface area contributed by atoms with Crippen LogP contribution in [-0.4, -0.2) is 17.9 Å². The maximum Gasteiger partial charge on any atom is 0.252 e. The minimum atomic E-state index is -0.557. The molecule has 1 amide bonds. The Bertz CT molecular complexity index is 629. The third-order valence-electron chi connectivity index (χ3n) is 2.79. The summed E-state index contributed by atoms with van der Waals surface area (Å²) in [6, 6.07) is 8.98. The van der Waals surface area contributed by atoms with Crippen LogP contribution >= 0.6 is 23.2 Å². The van der Waals surface area contributed by atoms with Crippen LogP contribution < -0.4 is 10.6 Å². The molecular weight excluding hydrogens is 297 g/mol. The topological polar surface area (TPSA) is 59.2 Å². The van der Waals surface area contributed by atoms with Crippen molar-refractivity contribution >= 4 is 34.9 Å². The molecule has 0 aliphatic rings. The van der Waals surface area contributed by atoms with Gasteiger partial charge in [-0.25, -0.2) is 4.98 Å². The van der Waals surface area contributed by atoms with E-state index in [1.807, 2.05) is 36.2 Å². The molecule has 0 atom stereocenters. The highest BCUT2D eigenvalue weighted by molar-refractivity contribution is 6.31. The number of anilines is 1. The molecule has 2 rings (SSSR count). The van der Waals surface area contributed by atoms with Crippen molar-refractivity contribution in [2.45, 2.75) is 6.54 Å². The Labute approximate surface area is 127 Å². The van der Waals surface area contributed by atoms with Crippen LogP contribution in [0.15, 0.2) is 36.5 Å². The van der Waals surface area contributed by atoms with Crippen molar-refractivity contribution in [2.24, 2.45) is 5.73 Å². The van der Waals surface area contributed by atoms with Gasteiger partial charge in [-0.2, -0.15) is 0 Å². The van der Waals surface area contributed by atoms with Gasteiger partial charge in [-0.1, -0.05) is 35.3 Å². The summed E-state index contributed by atoms with van der Waals surface area (Å²) in [6.07, 6.45) is 1.49. The van der Waals surface area contributed by atoms with Crippen molar-refractivity contribution < 1.29 is 4.79 Å². The van der Waals surface area contributed by atoms with Crippen LogP contribution in [0.25, 0.3) is 0 Å². The molecule has 0 fully saturated rings. The van der Waals surface area contributed by atoms with E-state index in [0.717, 1.165) is 5.56 Å². The van der Waals surface area contributed by atoms with Gasteiger partial charge in [-0.15, -0.1) is 0 Å². The number of carbonyl (C=O) groups is 1. The molecule has 0 saturated heterocycles.